The topological polar surface area (TPSA) is 125 Å². The first kappa shape index (κ1) is 28.9. The van der Waals surface area contributed by atoms with E-state index in [-0.39, 0.29) is 59.0 Å². The molecule has 0 unspecified atom stereocenters. The molecule has 9 heteroatoms. The Hall–Kier alpha value is -2.71. The fraction of sp³-hybridized carbons (Fsp3) is 0.750. The van der Waals surface area contributed by atoms with Crippen LogP contribution in [-0.2, 0) is 24.0 Å². The lowest BCUT2D eigenvalue weighted by Crippen LogP contribution is -2.58. The van der Waals surface area contributed by atoms with Crippen molar-refractivity contribution in [3.63, 3.8) is 0 Å². The van der Waals surface area contributed by atoms with Crippen molar-refractivity contribution in [2.24, 2.45) is 34.5 Å². The van der Waals surface area contributed by atoms with Gasteiger partial charge in [0.25, 0.3) is 0 Å². The number of hydrogen-bond acceptors (Lipinski definition) is 5. The van der Waals surface area contributed by atoms with Gasteiger partial charge in [-0.3, -0.25) is 24.0 Å². The maximum Gasteiger partial charge on any atom is 0.245 e. The second-order valence-electron chi connectivity index (χ2n) is 13.0. The van der Waals surface area contributed by atoms with E-state index in [9.17, 15) is 24.0 Å². The Labute approximate surface area is 220 Å². The molecule has 0 bridgehead atoms. The summed E-state index contributed by atoms with van der Waals surface area (Å²) in [6, 6.07) is -2.37. The molecule has 0 aromatic carbocycles. The second kappa shape index (κ2) is 10.6. The predicted octanol–water partition coefficient (Wildman–Crippen LogP) is 1.81. The van der Waals surface area contributed by atoms with Gasteiger partial charge in [0, 0.05) is 24.4 Å². The molecule has 3 aliphatic rings. The molecule has 2 aliphatic heterocycles. The van der Waals surface area contributed by atoms with Gasteiger partial charge in [0.15, 0.2) is 5.78 Å². The normalized spacial score (nSPS) is 27.7. The molecular formula is C28H44N4O5. The molecule has 0 aromatic heterocycles. The first-order chi connectivity index (χ1) is 17.1. The minimum Gasteiger partial charge on any atom is -0.356 e. The van der Waals surface area contributed by atoms with Crippen LogP contribution in [0.25, 0.3) is 0 Å². The minimum absolute atomic E-state index is 0.0382. The Bertz CT molecular complexity index is 966. The van der Waals surface area contributed by atoms with Crippen LogP contribution >= 0.6 is 0 Å². The lowest BCUT2D eigenvalue weighted by atomic mass is 9.93. The Balaban J connectivity index is 1.83. The van der Waals surface area contributed by atoms with Gasteiger partial charge in [-0.15, -0.1) is 0 Å². The van der Waals surface area contributed by atoms with E-state index in [1.54, 1.807) is 25.7 Å². The fourth-order valence-corrected chi connectivity index (χ4v) is 5.88. The van der Waals surface area contributed by atoms with Crippen LogP contribution in [0, 0.1) is 34.5 Å². The zero-order valence-electron chi connectivity index (χ0n) is 23.3. The molecule has 3 N–H and O–H groups in total. The number of ketones is 1. The van der Waals surface area contributed by atoms with Crippen molar-refractivity contribution in [2.45, 2.75) is 85.9 Å². The number of fused-ring (bicyclic) bond motifs is 1. The van der Waals surface area contributed by atoms with Crippen LogP contribution < -0.4 is 16.0 Å². The molecule has 1 saturated carbocycles. The molecule has 206 valence electrons. The summed E-state index contributed by atoms with van der Waals surface area (Å²) in [7, 11) is 0. The number of carbonyl (C=O) groups excluding carboxylic acids is 5. The number of piperidine rings is 1. The maximum absolute atomic E-state index is 13.8. The first-order valence-corrected chi connectivity index (χ1v) is 13.4. The molecule has 0 spiro atoms. The van der Waals surface area contributed by atoms with Crippen molar-refractivity contribution in [1.82, 2.24) is 20.9 Å². The molecule has 37 heavy (non-hydrogen) atoms. The standard InChI is InChI=1S/C28H44N4O5/c1-9-20(33)18(13-16-10-11-29-23(16)34)30-24(35)22-21-17(28(21,7)8)14-32(22)25(36)19(12-15(2)3)31-26(37)27(4,5)6/h9,15-19,21-22H,1,10-14H2,2-8H3,(H,29,34)(H,30,35)(H,31,37)/t16-,17-,18-,19-,21-,22-/m0/s1. The third-order valence-corrected chi connectivity index (χ3v) is 8.30. The first-order valence-electron chi connectivity index (χ1n) is 13.4. The van der Waals surface area contributed by atoms with E-state index in [0.717, 1.165) is 0 Å². The predicted molar refractivity (Wildman–Crippen MR) is 140 cm³/mol. The average Bonchev–Trinajstić information content (AvgIpc) is 3.16. The van der Waals surface area contributed by atoms with Crippen LogP contribution in [0.1, 0.15) is 67.7 Å². The van der Waals surface area contributed by atoms with Crippen LogP contribution in [-0.4, -0.2) is 65.5 Å². The fourth-order valence-electron chi connectivity index (χ4n) is 5.88. The van der Waals surface area contributed by atoms with Crippen molar-refractivity contribution >= 4 is 29.4 Å². The van der Waals surface area contributed by atoms with E-state index in [1.165, 1.54) is 6.08 Å². The molecule has 1 aliphatic carbocycles. The summed E-state index contributed by atoms with van der Waals surface area (Å²) in [6.45, 7) is 18.1. The van der Waals surface area contributed by atoms with Crippen LogP contribution in [0.3, 0.4) is 0 Å². The lowest BCUT2D eigenvalue weighted by Gasteiger charge is -2.35. The van der Waals surface area contributed by atoms with Gasteiger partial charge in [-0.25, -0.2) is 0 Å². The number of hydrogen-bond donors (Lipinski definition) is 3. The SMILES string of the molecule is C=CC(=O)[C@H](C[C@@H]1CCNC1=O)NC(=O)[C@@H]1[C@@H]2[C@H](CN1C(=O)[C@H](CC(C)C)NC(=O)C(C)(C)C)C2(C)C. The van der Waals surface area contributed by atoms with Crippen LogP contribution in [0.5, 0.6) is 0 Å². The van der Waals surface area contributed by atoms with Gasteiger partial charge < -0.3 is 20.9 Å². The highest BCUT2D eigenvalue weighted by Gasteiger charge is 2.69. The van der Waals surface area contributed by atoms with E-state index in [0.29, 0.717) is 25.9 Å². The Morgan fingerprint density at radius 3 is 2.32 bits per heavy atom. The van der Waals surface area contributed by atoms with Crippen molar-refractivity contribution < 1.29 is 24.0 Å². The van der Waals surface area contributed by atoms with Gasteiger partial charge in [-0.1, -0.05) is 55.0 Å². The molecule has 0 radical (unpaired) electrons. The number of rotatable bonds is 10. The number of nitrogens with zero attached hydrogens (tertiary/aromatic N) is 1. The van der Waals surface area contributed by atoms with E-state index in [4.69, 9.17) is 0 Å². The minimum atomic E-state index is -0.885. The highest BCUT2D eigenvalue weighted by molar-refractivity contribution is 5.99. The smallest absolute Gasteiger partial charge is 0.245 e. The van der Waals surface area contributed by atoms with E-state index >= 15 is 0 Å². The zero-order chi connectivity index (χ0) is 27.9. The molecule has 3 rings (SSSR count). The molecule has 0 aromatic rings. The lowest BCUT2D eigenvalue weighted by molar-refractivity contribution is -0.145. The Kier molecular flexibility index (Phi) is 8.25. The third-order valence-electron chi connectivity index (χ3n) is 8.30. The maximum atomic E-state index is 13.8. The summed E-state index contributed by atoms with van der Waals surface area (Å²) >= 11 is 0. The molecule has 4 amide bonds. The summed E-state index contributed by atoms with van der Waals surface area (Å²) < 4.78 is 0. The molecule has 3 fully saturated rings. The highest BCUT2D eigenvalue weighted by Crippen LogP contribution is 2.65. The number of carbonyl (C=O) groups is 5. The van der Waals surface area contributed by atoms with Crippen LogP contribution in [0.15, 0.2) is 12.7 Å². The van der Waals surface area contributed by atoms with Crippen molar-refractivity contribution in [3.8, 4) is 0 Å². The molecular weight excluding hydrogens is 472 g/mol. The summed E-state index contributed by atoms with van der Waals surface area (Å²) in [4.78, 5) is 66.7. The number of nitrogens with one attached hydrogen (secondary N) is 3. The third kappa shape index (κ3) is 6.07. The van der Waals surface area contributed by atoms with Crippen LogP contribution in [0.4, 0.5) is 0 Å². The Morgan fingerprint density at radius 2 is 1.81 bits per heavy atom. The summed E-state index contributed by atoms with van der Waals surface area (Å²) in [5.41, 5.74) is -0.767. The van der Waals surface area contributed by atoms with Crippen molar-refractivity contribution in [1.29, 1.82) is 0 Å². The van der Waals surface area contributed by atoms with Gasteiger partial charge in [0.05, 0.1) is 6.04 Å². The summed E-state index contributed by atoms with van der Waals surface area (Å²) in [5, 5.41) is 8.55. The summed E-state index contributed by atoms with van der Waals surface area (Å²) in [6.07, 6.45) is 2.42. The van der Waals surface area contributed by atoms with Crippen molar-refractivity contribution in [3.05, 3.63) is 12.7 Å². The van der Waals surface area contributed by atoms with Gasteiger partial charge >= 0.3 is 0 Å². The largest absolute Gasteiger partial charge is 0.356 e. The zero-order valence-corrected chi connectivity index (χ0v) is 23.3. The second-order valence-corrected chi connectivity index (χ2v) is 13.0. The Morgan fingerprint density at radius 1 is 1.16 bits per heavy atom. The van der Waals surface area contributed by atoms with Gasteiger partial charge in [-0.2, -0.15) is 0 Å². The van der Waals surface area contributed by atoms with Gasteiger partial charge in [-0.05, 0) is 48.5 Å². The number of amides is 4. The van der Waals surface area contributed by atoms with Gasteiger partial charge in [0.2, 0.25) is 23.6 Å². The quantitative estimate of drug-likeness (QED) is 0.382. The van der Waals surface area contributed by atoms with Crippen LogP contribution in [0.2, 0.25) is 0 Å². The molecule has 2 heterocycles. The average molecular weight is 517 g/mol. The molecule has 9 nitrogen and oxygen atoms in total. The summed E-state index contributed by atoms with van der Waals surface area (Å²) in [5.74, 6) is -1.43. The van der Waals surface area contributed by atoms with E-state index < -0.39 is 29.4 Å². The molecule has 2 saturated heterocycles. The van der Waals surface area contributed by atoms with Crippen molar-refractivity contribution in [2.75, 3.05) is 13.1 Å². The van der Waals surface area contributed by atoms with Gasteiger partial charge in [0.1, 0.15) is 12.1 Å². The van der Waals surface area contributed by atoms with E-state index in [2.05, 4.69) is 36.4 Å². The monoisotopic (exact) mass is 516 g/mol. The highest BCUT2D eigenvalue weighted by atomic mass is 16.2. The molecule has 6 atom stereocenters. The number of likely N-dealkylation sites (tertiary alicyclic amines) is 1. The van der Waals surface area contributed by atoms with E-state index in [1.807, 2.05) is 13.8 Å².